The van der Waals surface area contributed by atoms with Gasteiger partial charge < -0.3 is 14.5 Å². The summed E-state index contributed by atoms with van der Waals surface area (Å²) in [7, 11) is 1.60. The molecule has 5 rings (SSSR count). The third-order valence-electron chi connectivity index (χ3n) is 8.08. The van der Waals surface area contributed by atoms with Crippen LogP contribution in [0, 0.1) is 22.7 Å². The molecule has 2 aliphatic heterocycles. The minimum Gasteiger partial charge on any atom is -0.493 e. The van der Waals surface area contributed by atoms with Gasteiger partial charge in [0.2, 0.25) is 5.91 Å². The van der Waals surface area contributed by atoms with Gasteiger partial charge in [0.1, 0.15) is 24.2 Å². The number of benzene rings is 3. The number of hydrogen-bond acceptors (Lipinski definition) is 7. The first-order chi connectivity index (χ1) is 22.2. The van der Waals surface area contributed by atoms with Crippen LogP contribution in [-0.4, -0.2) is 90.3 Å². The first-order valence-corrected chi connectivity index (χ1v) is 15.7. The fourth-order valence-corrected chi connectivity index (χ4v) is 5.91. The second-order valence-electron chi connectivity index (χ2n) is 11.0. The number of piperazine rings is 1. The van der Waals surface area contributed by atoms with Gasteiger partial charge in [0.25, 0.3) is 0 Å². The maximum Gasteiger partial charge on any atom is 0.326 e. The number of carbonyl (C=O) groups excluding carboxylic acids is 2. The lowest BCUT2D eigenvalue weighted by atomic mass is 9.93. The van der Waals surface area contributed by atoms with Crippen molar-refractivity contribution in [1.82, 2.24) is 19.6 Å². The Bertz CT molecular complexity index is 1690. The number of ether oxygens (including phenoxy) is 1. The van der Waals surface area contributed by atoms with E-state index in [9.17, 15) is 14.9 Å². The van der Waals surface area contributed by atoms with Crippen LogP contribution >= 0.6 is 23.2 Å². The van der Waals surface area contributed by atoms with Crippen LogP contribution in [0.4, 0.5) is 4.79 Å². The number of amides is 3. The largest absolute Gasteiger partial charge is 0.493 e. The van der Waals surface area contributed by atoms with E-state index in [2.05, 4.69) is 6.07 Å². The first-order valence-electron chi connectivity index (χ1n) is 14.9. The molecule has 1 saturated heterocycles. The van der Waals surface area contributed by atoms with Crippen LogP contribution < -0.4 is 4.74 Å². The highest BCUT2D eigenvalue weighted by atomic mass is 35.5. The second kappa shape index (κ2) is 14.7. The number of rotatable bonds is 8. The standard InChI is InChI=1S/C34H33Cl2N7O3/c1-3-46-29-20-23(21-38)4-13-28(29)33-39-31(24-5-9-26(35)10-6-24)32(25-7-11-27(36)12-8-25)43(33)34(45)42-18-16-41(17-19-42)22-30(44)40(2)15-14-37/h4-13,20,31-32H,3,15-19,22H2,1-2H3/t31-,32+/m0/s1. The number of hydrogen-bond donors (Lipinski definition) is 0. The molecule has 10 nitrogen and oxygen atoms in total. The topological polar surface area (TPSA) is 116 Å². The predicted octanol–water partition coefficient (Wildman–Crippen LogP) is 5.53. The lowest BCUT2D eigenvalue weighted by Gasteiger charge is -2.39. The van der Waals surface area contributed by atoms with Gasteiger partial charge in [0.05, 0.1) is 42.5 Å². The molecule has 2 atom stereocenters. The minimum atomic E-state index is -0.537. The van der Waals surface area contributed by atoms with E-state index in [1.807, 2.05) is 42.2 Å². The second-order valence-corrected chi connectivity index (χ2v) is 11.9. The molecule has 0 N–H and O–H groups in total. The minimum absolute atomic E-state index is 0.0221. The first kappa shape index (κ1) is 32.8. The molecular weight excluding hydrogens is 625 g/mol. The molecule has 3 amide bonds. The van der Waals surface area contributed by atoms with Gasteiger partial charge in [-0.3, -0.25) is 19.6 Å². The van der Waals surface area contributed by atoms with Crippen LogP contribution in [0.5, 0.6) is 5.75 Å². The molecule has 12 heteroatoms. The van der Waals surface area contributed by atoms with Gasteiger partial charge in [-0.15, -0.1) is 0 Å². The number of likely N-dealkylation sites (N-methyl/N-ethyl adjacent to an activating group) is 1. The lowest BCUT2D eigenvalue weighted by Crippen LogP contribution is -2.55. The molecule has 3 aromatic rings. The Morgan fingerprint density at radius 1 is 0.957 bits per heavy atom. The summed E-state index contributed by atoms with van der Waals surface area (Å²) in [5.41, 5.74) is 2.73. The zero-order valence-corrected chi connectivity index (χ0v) is 27.1. The smallest absolute Gasteiger partial charge is 0.326 e. The number of nitriles is 2. The normalized spacial score (nSPS) is 18.0. The van der Waals surface area contributed by atoms with E-state index in [0.29, 0.717) is 65.5 Å². The fourth-order valence-electron chi connectivity index (χ4n) is 5.66. The van der Waals surface area contributed by atoms with Crippen molar-refractivity contribution in [2.75, 3.05) is 52.9 Å². The molecule has 1 fully saturated rings. The lowest BCUT2D eigenvalue weighted by molar-refractivity contribution is -0.130. The van der Waals surface area contributed by atoms with E-state index in [1.165, 1.54) is 4.90 Å². The van der Waals surface area contributed by atoms with E-state index in [1.54, 1.807) is 59.3 Å². The van der Waals surface area contributed by atoms with Crippen LogP contribution in [0.25, 0.3) is 0 Å². The van der Waals surface area contributed by atoms with Gasteiger partial charge in [-0.1, -0.05) is 47.5 Å². The molecular formula is C34H33Cl2N7O3. The maximum atomic E-state index is 14.7. The highest BCUT2D eigenvalue weighted by molar-refractivity contribution is 6.30. The Morgan fingerprint density at radius 2 is 1.59 bits per heavy atom. The van der Waals surface area contributed by atoms with Crippen LogP contribution in [0.3, 0.4) is 0 Å². The van der Waals surface area contributed by atoms with Crippen molar-refractivity contribution < 1.29 is 14.3 Å². The fraction of sp³-hybridized carbons (Fsp3) is 0.324. The van der Waals surface area contributed by atoms with Gasteiger partial charge in [-0.25, -0.2) is 4.79 Å². The van der Waals surface area contributed by atoms with E-state index >= 15 is 0 Å². The number of urea groups is 1. The third-order valence-corrected chi connectivity index (χ3v) is 8.59. The molecule has 0 spiro atoms. The Kier molecular flexibility index (Phi) is 10.4. The summed E-state index contributed by atoms with van der Waals surface area (Å²) in [6, 6.07) is 22.8. The van der Waals surface area contributed by atoms with Crippen molar-refractivity contribution in [2.24, 2.45) is 4.99 Å². The van der Waals surface area contributed by atoms with Crippen molar-refractivity contribution >= 4 is 41.0 Å². The molecule has 0 bridgehead atoms. The van der Waals surface area contributed by atoms with Crippen molar-refractivity contribution in [3.63, 3.8) is 0 Å². The van der Waals surface area contributed by atoms with Gasteiger partial charge in [0.15, 0.2) is 0 Å². The van der Waals surface area contributed by atoms with E-state index in [4.69, 9.17) is 38.2 Å². The summed E-state index contributed by atoms with van der Waals surface area (Å²) in [5, 5.41) is 19.7. The van der Waals surface area contributed by atoms with Crippen molar-refractivity contribution in [3.05, 3.63) is 99.0 Å². The highest BCUT2D eigenvalue weighted by Crippen LogP contribution is 2.45. The summed E-state index contributed by atoms with van der Waals surface area (Å²) in [6.45, 7) is 4.17. The summed E-state index contributed by atoms with van der Waals surface area (Å²) in [6.07, 6.45) is 0. The number of nitrogens with zero attached hydrogens (tertiary/aromatic N) is 7. The average molecular weight is 659 g/mol. The van der Waals surface area contributed by atoms with E-state index in [0.717, 1.165) is 11.1 Å². The number of halogens is 2. The highest BCUT2D eigenvalue weighted by Gasteiger charge is 2.45. The zero-order valence-electron chi connectivity index (χ0n) is 25.6. The molecule has 0 aliphatic carbocycles. The van der Waals surface area contributed by atoms with Crippen LogP contribution in [-0.2, 0) is 4.79 Å². The Hall–Kier alpha value is -4.61. The van der Waals surface area contributed by atoms with Crippen LogP contribution in [0.1, 0.15) is 41.3 Å². The maximum absolute atomic E-state index is 14.7. The quantitative estimate of drug-likeness (QED) is 0.294. The van der Waals surface area contributed by atoms with Crippen molar-refractivity contribution in [2.45, 2.75) is 19.0 Å². The molecule has 0 aromatic heterocycles. The van der Waals surface area contributed by atoms with Gasteiger partial charge in [0, 0.05) is 43.3 Å². The third kappa shape index (κ3) is 7.11. The molecule has 2 aliphatic rings. The van der Waals surface area contributed by atoms with Gasteiger partial charge in [-0.2, -0.15) is 10.5 Å². The molecule has 46 heavy (non-hydrogen) atoms. The summed E-state index contributed by atoms with van der Waals surface area (Å²) in [4.78, 5) is 39.3. The molecule has 3 aromatic carbocycles. The monoisotopic (exact) mass is 657 g/mol. The van der Waals surface area contributed by atoms with E-state index < -0.39 is 12.1 Å². The molecule has 236 valence electrons. The average Bonchev–Trinajstić information content (AvgIpc) is 3.46. The summed E-state index contributed by atoms with van der Waals surface area (Å²) >= 11 is 12.5. The number of carbonyl (C=O) groups is 2. The van der Waals surface area contributed by atoms with Gasteiger partial charge >= 0.3 is 6.03 Å². The summed E-state index contributed by atoms with van der Waals surface area (Å²) < 4.78 is 5.99. The Morgan fingerprint density at radius 3 is 2.17 bits per heavy atom. The SMILES string of the molecule is CCOc1cc(C#N)ccc1C1=N[C@@H](c2ccc(Cl)cc2)[C@@H](c2ccc(Cl)cc2)N1C(=O)N1CCN(CC(=O)N(C)CC#N)CC1. The Balaban J connectivity index is 1.54. The van der Waals surface area contributed by atoms with E-state index in [-0.39, 0.29) is 25.0 Å². The molecule has 0 unspecified atom stereocenters. The molecule has 0 saturated carbocycles. The zero-order chi connectivity index (χ0) is 32.8. The predicted molar refractivity (Wildman–Crippen MR) is 176 cm³/mol. The van der Waals surface area contributed by atoms with Crippen molar-refractivity contribution in [1.29, 1.82) is 10.5 Å². The summed E-state index contributed by atoms with van der Waals surface area (Å²) in [5.74, 6) is 0.733. The number of aliphatic imine (C=N–C) groups is 1. The molecule has 2 heterocycles. The Labute approximate surface area is 278 Å². The molecule has 0 radical (unpaired) electrons. The van der Waals surface area contributed by atoms with Crippen LogP contribution in [0.15, 0.2) is 71.7 Å². The van der Waals surface area contributed by atoms with Crippen LogP contribution in [0.2, 0.25) is 10.0 Å². The van der Waals surface area contributed by atoms with Crippen molar-refractivity contribution in [3.8, 4) is 17.9 Å². The number of amidine groups is 1. The van der Waals surface area contributed by atoms with Gasteiger partial charge in [-0.05, 0) is 60.5 Å².